The molecule has 2 nitrogen and oxygen atoms in total. The molecule has 0 bridgehead atoms. The van der Waals surface area contributed by atoms with Crippen molar-refractivity contribution in [1.29, 1.82) is 0 Å². The zero-order valence-electron chi connectivity index (χ0n) is 7.46. The normalized spacial score (nSPS) is 9.00. The van der Waals surface area contributed by atoms with Crippen LogP contribution in [0.1, 0.15) is 18.9 Å². The van der Waals surface area contributed by atoms with Gasteiger partial charge in [0.1, 0.15) is 0 Å². The molecular formula is C10H12MnO2+2. The third kappa shape index (κ3) is 3.62. The van der Waals surface area contributed by atoms with E-state index in [0.29, 0.717) is 0 Å². The van der Waals surface area contributed by atoms with Crippen molar-refractivity contribution < 1.29 is 22.2 Å². The zero-order valence-corrected chi connectivity index (χ0v) is 8.64. The van der Waals surface area contributed by atoms with Crippen LogP contribution in [0, 0.1) is 0 Å². The van der Waals surface area contributed by atoms with Crippen LogP contribution in [0.2, 0.25) is 0 Å². The van der Waals surface area contributed by atoms with Gasteiger partial charge in [-0.05, 0) is 24.1 Å². The molecule has 0 aliphatic carbocycles. The fourth-order valence-electron chi connectivity index (χ4n) is 1.08. The van der Waals surface area contributed by atoms with Crippen molar-refractivity contribution in [2.24, 2.45) is 0 Å². The minimum absolute atomic E-state index is 0. The summed E-state index contributed by atoms with van der Waals surface area (Å²) in [7, 11) is 0. The summed E-state index contributed by atoms with van der Waals surface area (Å²) >= 11 is 0. The van der Waals surface area contributed by atoms with Gasteiger partial charge >= 0.3 is 17.1 Å². The van der Waals surface area contributed by atoms with E-state index in [0.717, 1.165) is 18.4 Å². The Morgan fingerprint density at radius 1 is 1.38 bits per heavy atom. The third-order valence-electron chi connectivity index (χ3n) is 1.67. The SMILES string of the molecule is CCCc1cccc(O)c(=O)c1.[Mn+2]. The molecule has 13 heavy (non-hydrogen) atoms. The van der Waals surface area contributed by atoms with E-state index >= 15 is 0 Å². The van der Waals surface area contributed by atoms with E-state index in [4.69, 9.17) is 5.11 Å². The summed E-state index contributed by atoms with van der Waals surface area (Å²) in [6.45, 7) is 2.05. The standard InChI is InChI=1S/C10H12O2.Mn/c1-2-4-8-5-3-6-9(11)10(12)7-8;/h3,5-7H,2,4H2,1H3,(H,11,12);/q;+2. The fraction of sp³-hybridized carbons (Fsp3) is 0.300. The molecule has 0 fully saturated rings. The molecule has 0 spiro atoms. The Morgan fingerprint density at radius 3 is 2.69 bits per heavy atom. The van der Waals surface area contributed by atoms with Crippen LogP contribution in [0.4, 0.5) is 0 Å². The van der Waals surface area contributed by atoms with Gasteiger partial charge in [-0.2, -0.15) is 0 Å². The first-order valence-electron chi connectivity index (χ1n) is 4.06. The van der Waals surface area contributed by atoms with E-state index < -0.39 is 0 Å². The molecule has 1 aromatic carbocycles. The maximum absolute atomic E-state index is 11.1. The van der Waals surface area contributed by atoms with Crippen LogP contribution in [0.15, 0.2) is 29.1 Å². The number of rotatable bonds is 2. The minimum atomic E-state index is -0.302. The molecule has 1 radical (unpaired) electrons. The van der Waals surface area contributed by atoms with E-state index in [-0.39, 0.29) is 28.2 Å². The van der Waals surface area contributed by atoms with Crippen LogP contribution in [-0.4, -0.2) is 5.11 Å². The molecule has 0 aliphatic heterocycles. The van der Waals surface area contributed by atoms with Gasteiger partial charge in [-0.1, -0.05) is 25.5 Å². The van der Waals surface area contributed by atoms with Crippen LogP contribution in [0.5, 0.6) is 5.75 Å². The van der Waals surface area contributed by atoms with Crippen LogP contribution in [0.25, 0.3) is 0 Å². The van der Waals surface area contributed by atoms with Gasteiger partial charge in [0.15, 0.2) is 5.75 Å². The number of hydrogen-bond donors (Lipinski definition) is 1. The van der Waals surface area contributed by atoms with Crippen molar-refractivity contribution in [1.82, 2.24) is 0 Å². The molecule has 0 saturated heterocycles. The van der Waals surface area contributed by atoms with Gasteiger partial charge in [0.2, 0.25) is 5.43 Å². The van der Waals surface area contributed by atoms with E-state index in [1.54, 1.807) is 6.07 Å². The van der Waals surface area contributed by atoms with Crippen molar-refractivity contribution in [3.05, 3.63) is 40.1 Å². The molecule has 0 atom stereocenters. The van der Waals surface area contributed by atoms with Gasteiger partial charge in [-0.15, -0.1) is 0 Å². The largest absolute Gasteiger partial charge is 2.00 e. The third-order valence-corrected chi connectivity index (χ3v) is 1.67. The monoisotopic (exact) mass is 219 g/mol. The first kappa shape index (κ1) is 12.2. The summed E-state index contributed by atoms with van der Waals surface area (Å²) in [5.41, 5.74) is 0.672. The quantitative estimate of drug-likeness (QED) is 0.768. The first-order valence-corrected chi connectivity index (χ1v) is 4.06. The summed E-state index contributed by atoms with van der Waals surface area (Å²) in [5, 5.41) is 9.06. The Labute approximate surface area is 88.1 Å². The van der Waals surface area contributed by atoms with Crippen molar-refractivity contribution in [2.45, 2.75) is 19.8 Å². The van der Waals surface area contributed by atoms with Crippen LogP contribution >= 0.6 is 0 Å². The molecule has 1 rings (SSSR count). The van der Waals surface area contributed by atoms with Crippen molar-refractivity contribution in [2.75, 3.05) is 0 Å². The Hall–Kier alpha value is -0.791. The average Bonchev–Trinajstić information content (AvgIpc) is 2.16. The maximum atomic E-state index is 11.1. The van der Waals surface area contributed by atoms with Gasteiger partial charge < -0.3 is 5.11 Å². The van der Waals surface area contributed by atoms with Gasteiger partial charge in [0.25, 0.3) is 0 Å². The van der Waals surface area contributed by atoms with Gasteiger partial charge in [-0.3, -0.25) is 4.79 Å². The predicted molar refractivity (Wildman–Crippen MR) is 48.4 cm³/mol. The van der Waals surface area contributed by atoms with Crippen molar-refractivity contribution in [3.8, 4) is 5.75 Å². The molecule has 69 valence electrons. The molecule has 0 amide bonds. The Morgan fingerprint density at radius 2 is 2.08 bits per heavy atom. The number of aryl methyl sites for hydroxylation is 1. The fourth-order valence-corrected chi connectivity index (χ4v) is 1.08. The summed E-state index contributed by atoms with van der Waals surface area (Å²) in [5.74, 6) is -0.183. The second-order valence-corrected chi connectivity index (χ2v) is 2.74. The zero-order chi connectivity index (χ0) is 8.97. The molecular weight excluding hydrogens is 207 g/mol. The molecule has 0 aromatic heterocycles. The predicted octanol–water partition coefficient (Wildman–Crippen LogP) is 1.70. The smallest absolute Gasteiger partial charge is 0.504 e. The molecule has 0 unspecified atom stereocenters. The van der Waals surface area contributed by atoms with Crippen LogP contribution in [0.3, 0.4) is 0 Å². The molecule has 0 aliphatic rings. The van der Waals surface area contributed by atoms with E-state index in [1.165, 1.54) is 12.1 Å². The molecule has 3 heteroatoms. The van der Waals surface area contributed by atoms with Crippen molar-refractivity contribution in [3.63, 3.8) is 0 Å². The summed E-state index contributed by atoms with van der Waals surface area (Å²) < 4.78 is 0. The second kappa shape index (κ2) is 5.79. The van der Waals surface area contributed by atoms with E-state index in [9.17, 15) is 4.79 Å². The Bertz CT molecular complexity index is 323. The van der Waals surface area contributed by atoms with Crippen LogP contribution < -0.4 is 5.43 Å². The molecule has 0 heterocycles. The maximum Gasteiger partial charge on any atom is 2.00 e. The topological polar surface area (TPSA) is 37.3 Å². The van der Waals surface area contributed by atoms with Crippen molar-refractivity contribution >= 4 is 0 Å². The van der Waals surface area contributed by atoms with E-state index in [2.05, 4.69) is 6.92 Å². The van der Waals surface area contributed by atoms with Gasteiger partial charge in [-0.25, -0.2) is 0 Å². The Balaban J connectivity index is 0.00000144. The number of hydrogen-bond acceptors (Lipinski definition) is 2. The summed E-state index contributed by atoms with van der Waals surface area (Å²) in [4.78, 5) is 11.1. The van der Waals surface area contributed by atoms with E-state index in [1.807, 2.05) is 6.07 Å². The average molecular weight is 219 g/mol. The summed E-state index contributed by atoms with van der Waals surface area (Å²) in [6, 6.07) is 6.45. The molecule has 0 saturated carbocycles. The molecule has 1 aromatic rings. The summed E-state index contributed by atoms with van der Waals surface area (Å²) in [6.07, 6.45) is 1.88. The second-order valence-electron chi connectivity index (χ2n) is 2.74. The van der Waals surface area contributed by atoms with Gasteiger partial charge in [0, 0.05) is 0 Å². The minimum Gasteiger partial charge on any atom is -0.504 e. The molecule has 1 N–H and O–H groups in total. The number of aromatic hydroxyl groups is 1. The first-order chi connectivity index (χ1) is 5.74. The van der Waals surface area contributed by atoms with Gasteiger partial charge in [0.05, 0.1) is 0 Å². The van der Waals surface area contributed by atoms with Crippen LogP contribution in [-0.2, 0) is 23.5 Å². The Kier molecular flexibility index (Phi) is 5.43.